The maximum absolute atomic E-state index is 12.4. The minimum absolute atomic E-state index is 0.163. The number of nitrogens with one attached hydrogen (secondary N) is 2. The van der Waals surface area contributed by atoms with Crippen LogP contribution in [0.3, 0.4) is 0 Å². The van der Waals surface area contributed by atoms with Crippen molar-refractivity contribution in [3.8, 4) is 0 Å². The van der Waals surface area contributed by atoms with E-state index in [1.807, 2.05) is 6.92 Å². The van der Waals surface area contributed by atoms with Gasteiger partial charge in [0.2, 0.25) is 11.0 Å². The van der Waals surface area contributed by atoms with Crippen LogP contribution in [0.5, 0.6) is 0 Å². The van der Waals surface area contributed by atoms with Gasteiger partial charge in [-0.1, -0.05) is 34.7 Å². The van der Waals surface area contributed by atoms with E-state index >= 15 is 0 Å². The van der Waals surface area contributed by atoms with Crippen molar-refractivity contribution in [2.75, 3.05) is 11.1 Å². The van der Waals surface area contributed by atoms with Gasteiger partial charge in [-0.25, -0.2) is 0 Å². The van der Waals surface area contributed by atoms with Crippen molar-refractivity contribution in [1.82, 2.24) is 30.3 Å². The van der Waals surface area contributed by atoms with E-state index in [0.29, 0.717) is 32.6 Å². The summed E-state index contributed by atoms with van der Waals surface area (Å²) < 4.78 is 1.76. The zero-order chi connectivity index (χ0) is 22.0. The molecule has 2 amide bonds. The highest BCUT2D eigenvalue weighted by molar-refractivity contribution is 7.99. The van der Waals surface area contributed by atoms with Crippen molar-refractivity contribution >= 4 is 51.6 Å². The molecule has 4 rings (SSSR count). The molecule has 0 radical (unpaired) electrons. The van der Waals surface area contributed by atoms with Crippen LogP contribution in [-0.4, -0.2) is 42.5 Å². The first kappa shape index (κ1) is 21.7. The number of carbonyl (C=O) groups excluding carboxylic acids is 2. The van der Waals surface area contributed by atoms with E-state index in [-0.39, 0.29) is 23.6 Å². The first-order valence-electron chi connectivity index (χ1n) is 9.62. The van der Waals surface area contributed by atoms with E-state index in [0.717, 1.165) is 17.8 Å². The Morgan fingerprint density at radius 3 is 2.68 bits per heavy atom. The second-order valence-electron chi connectivity index (χ2n) is 7.16. The SMILES string of the molecule is CC(NC(=O)c1ccc(Cl)cc1)c1nnc(SCC(=O)Nc2nnc(C3CC3)s2)n1C. The summed E-state index contributed by atoms with van der Waals surface area (Å²) in [6.45, 7) is 1.83. The van der Waals surface area contributed by atoms with Crippen LogP contribution in [0.15, 0.2) is 29.4 Å². The lowest BCUT2D eigenvalue weighted by molar-refractivity contribution is -0.113. The van der Waals surface area contributed by atoms with E-state index in [9.17, 15) is 9.59 Å². The van der Waals surface area contributed by atoms with E-state index in [2.05, 4.69) is 31.0 Å². The van der Waals surface area contributed by atoms with E-state index < -0.39 is 0 Å². The summed E-state index contributed by atoms with van der Waals surface area (Å²) >= 11 is 8.55. The van der Waals surface area contributed by atoms with Gasteiger partial charge in [0, 0.05) is 23.6 Å². The van der Waals surface area contributed by atoms with Crippen molar-refractivity contribution < 1.29 is 9.59 Å². The average Bonchev–Trinajstić information content (AvgIpc) is 3.38. The van der Waals surface area contributed by atoms with Crippen molar-refractivity contribution in [3.63, 3.8) is 0 Å². The molecule has 162 valence electrons. The van der Waals surface area contributed by atoms with Gasteiger partial charge in [-0.2, -0.15) is 0 Å². The molecule has 9 nitrogen and oxygen atoms in total. The Kier molecular flexibility index (Phi) is 6.54. The van der Waals surface area contributed by atoms with Gasteiger partial charge < -0.3 is 9.88 Å². The average molecular weight is 478 g/mol. The highest BCUT2D eigenvalue weighted by Crippen LogP contribution is 2.42. The molecule has 0 bridgehead atoms. The summed E-state index contributed by atoms with van der Waals surface area (Å²) in [7, 11) is 1.80. The van der Waals surface area contributed by atoms with Crippen LogP contribution in [0.2, 0.25) is 5.02 Å². The number of benzene rings is 1. The number of hydrogen-bond donors (Lipinski definition) is 2. The van der Waals surface area contributed by atoms with E-state index in [1.165, 1.54) is 23.1 Å². The van der Waals surface area contributed by atoms with Crippen LogP contribution in [0.25, 0.3) is 0 Å². The number of anilines is 1. The highest BCUT2D eigenvalue weighted by atomic mass is 35.5. The topological polar surface area (TPSA) is 115 Å². The number of hydrogen-bond acceptors (Lipinski definition) is 8. The summed E-state index contributed by atoms with van der Waals surface area (Å²) in [4.78, 5) is 24.7. The molecule has 1 unspecified atom stereocenters. The molecule has 1 atom stereocenters. The molecule has 0 spiro atoms. The lowest BCUT2D eigenvalue weighted by Crippen LogP contribution is -2.28. The lowest BCUT2D eigenvalue weighted by atomic mass is 10.2. The number of halogens is 1. The van der Waals surface area contributed by atoms with Gasteiger partial charge in [-0.15, -0.1) is 20.4 Å². The van der Waals surface area contributed by atoms with Crippen molar-refractivity contribution in [1.29, 1.82) is 0 Å². The van der Waals surface area contributed by atoms with Gasteiger partial charge in [-0.3, -0.25) is 14.9 Å². The first-order chi connectivity index (χ1) is 14.9. The van der Waals surface area contributed by atoms with E-state index in [4.69, 9.17) is 11.6 Å². The molecule has 3 aromatic rings. The number of amides is 2. The number of nitrogens with zero attached hydrogens (tertiary/aromatic N) is 5. The van der Waals surface area contributed by atoms with Gasteiger partial charge in [0.25, 0.3) is 5.91 Å². The minimum atomic E-state index is -0.369. The van der Waals surface area contributed by atoms with Crippen LogP contribution in [0.1, 0.15) is 52.9 Å². The maximum Gasteiger partial charge on any atom is 0.251 e. The molecular weight excluding hydrogens is 458 g/mol. The fourth-order valence-corrected chi connectivity index (χ4v) is 4.61. The summed E-state index contributed by atoms with van der Waals surface area (Å²) in [5.41, 5.74) is 0.506. The minimum Gasteiger partial charge on any atom is -0.342 e. The van der Waals surface area contributed by atoms with Crippen LogP contribution in [0, 0.1) is 0 Å². The van der Waals surface area contributed by atoms with Gasteiger partial charge in [-0.05, 0) is 44.0 Å². The molecule has 2 heterocycles. The molecule has 0 saturated heterocycles. The predicted molar refractivity (Wildman–Crippen MR) is 120 cm³/mol. The third kappa shape index (κ3) is 5.41. The van der Waals surface area contributed by atoms with Gasteiger partial charge in [0.05, 0.1) is 11.8 Å². The maximum atomic E-state index is 12.4. The number of rotatable bonds is 8. The fourth-order valence-electron chi connectivity index (χ4n) is 2.84. The van der Waals surface area contributed by atoms with E-state index in [1.54, 1.807) is 35.9 Å². The summed E-state index contributed by atoms with van der Waals surface area (Å²) in [6.07, 6.45) is 2.29. The number of thioether (sulfide) groups is 1. The van der Waals surface area contributed by atoms with Crippen molar-refractivity contribution in [3.05, 3.63) is 45.7 Å². The summed E-state index contributed by atoms with van der Waals surface area (Å²) in [5.74, 6) is 0.844. The third-order valence-corrected chi connectivity index (χ3v) is 6.93. The molecule has 1 fully saturated rings. The normalized spacial score (nSPS) is 14.3. The molecule has 1 saturated carbocycles. The highest BCUT2D eigenvalue weighted by Gasteiger charge is 2.27. The second kappa shape index (κ2) is 9.33. The third-order valence-electron chi connectivity index (χ3n) is 4.66. The molecular formula is C19H20ClN7O2S2. The molecule has 12 heteroatoms. The molecule has 1 aliphatic carbocycles. The smallest absolute Gasteiger partial charge is 0.251 e. The summed E-state index contributed by atoms with van der Waals surface area (Å²) in [5, 5.41) is 24.8. The molecule has 1 aromatic carbocycles. The zero-order valence-electron chi connectivity index (χ0n) is 16.8. The predicted octanol–water partition coefficient (Wildman–Crippen LogP) is 3.42. The van der Waals surface area contributed by atoms with Crippen LogP contribution >= 0.6 is 34.7 Å². The fraction of sp³-hybridized carbons (Fsp3) is 0.368. The van der Waals surface area contributed by atoms with Gasteiger partial charge in [0.1, 0.15) is 5.01 Å². The Labute approximate surface area is 192 Å². The molecule has 1 aliphatic rings. The standard InChI is InChI=1S/C19H20ClN7O2S2/c1-10(21-16(29)11-5-7-13(20)8-6-11)15-23-26-19(27(15)2)30-9-14(28)22-18-25-24-17(31-18)12-3-4-12/h5-8,10,12H,3-4,9H2,1-2H3,(H,21,29)(H,22,25,28). The molecule has 2 aromatic heterocycles. The van der Waals surface area contributed by atoms with Crippen LogP contribution in [0.4, 0.5) is 5.13 Å². The monoisotopic (exact) mass is 477 g/mol. The van der Waals surface area contributed by atoms with Crippen molar-refractivity contribution in [2.45, 2.75) is 36.9 Å². The Hall–Kier alpha value is -2.50. The largest absolute Gasteiger partial charge is 0.342 e. The number of carbonyl (C=O) groups is 2. The Morgan fingerprint density at radius 1 is 1.23 bits per heavy atom. The van der Waals surface area contributed by atoms with Crippen molar-refractivity contribution in [2.24, 2.45) is 7.05 Å². The second-order valence-corrected chi connectivity index (χ2v) is 9.55. The Morgan fingerprint density at radius 2 is 1.97 bits per heavy atom. The molecule has 2 N–H and O–H groups in total. The Bertz CT molecular complexity index is 1100. The first-order valence-corrected chi connectivity index (χ1v) is 11.8. The van der Waals surface area contributed by atoms with Gasteiger partial charge in [0.15, 0.2) is 11.0 Å². The zero-order valence-corrected chi connectivity index (χ0v) is 19.2. The lowest BCUT2D eigenvalue weighted by Gasteiger charge is -2.13. The summed E-state index contributed by atoms with van der Waals surface area (Å²) in [6, 6.07) is 6.28. The van der Waals surface area contributed by atoms with Crippen LogP contribution < -0.4 is 10.6 Å². The molecule has 0 aliphatic heterocycles. The van der Waals surface area contributed by atoms with Gasteiger partial charge >= 0.3 is 0 Å². The Balaban J connectivity index is 1.30. The van der Waals surface area contributed by atoms with Crippen LogP contribution in [-0.2, 0) is 11.8 Å². The number of aromatic nitrogens is 5. The quantitative estimate of drug-likeness (QED) is 0.477. The molecule has 31 heavy (non-hydrogen) atoms.